The quantitative estimate of drug-likeness (QED) is 0.0443. The van der Waals surface area contributed by atoms with Gasteiger partial charge in [-0.3, -0.25) is 22.7 Å². The highest BCUT2D eigenvalue weighted by Crippen LogP contribution is 2.58. The van der Waals surface area contributed by atoms with Crippen molar-refractivity contribution < 1.29 is 50.9 Å². The standard InChI is InChI=1S/C24H29FN14O10P2S2/c25-12-15-10(45-22(12)38-8-34-13-18(26)30-6-32-20(13)38)4-43-51(42,53)49-16-11(5-44-50(41,52)48-15)46-23(17(16)47-24(40)29-2-1-3-36-37-28)39-9-35-14-19(27)31-7-33-21(14)39/h6-12,15-17,22-23H,1-5H2,(H,29,40)(H,41,52)(H,42,53)(H2,26,30,32)(H2,27,31,33)/t10-,11?,12-,15-,16-,17-,22-,23-,50?,51?/m1/s1. The van der Waals surface area contributed by atoms with E-state index in [1.807, 2.05) is 0 Å². The molecule has 3 aliphatic heterocycles. The normalized spacial score (nSPS) is 33.3. The van der Waals surface area contributed by atoms with Crippen LogP contribution in [0, 0.1) is 0 Å². The minimum Gasteiger partial charge on any atom is -0.438 e. The molecule has 0 spiro atoms. The average molecular weight is 819 g/mol. The molecule has 29 heteroatoms. The fourth-order valence-electron chi connectivity index (χ4n) is 5.86. The van der Waals surface area contributed by atoms with E-state index in [0.29, 0.717) is 0 Å². The first-order valence-electron chi connectivity index (χ1n) is 15.4. The molecule has 24 nitrogen and oxygen atoms in total. The van der Waals surface area contributed by atoms with E-state index in [9.17, 15) is 14.3 Å². The number of alkyl carbamates (subject to hydrolysis) is 1. The minimum absolute atomic E-state index is 0.0401. The molecule has 0 saturated carbocycles. The second-order valence-electron chi connectivity index (χ2n) is 11.5. The van der Waals surface area contributed by atoms with Gasteiger partial charge in [-0.25, -0.2) is 43.7 Å². The van der Waals surface area contributed by atoms with Crippen molar-refractivity contribution in [3.05, 3.63) is 35.8 Å². The summed E-state index contributed by atoms with van der Waals surface area (Å²) >= 11 is 9.43. The van der Waals surface area contributed by atoms with Gasteiger partial charge in [-0.15, -0.1) is 0 Å². The van der Waals surface area contributed by atoms with Crippen molar-refractivity contribution in [3.8, 4) is 0 Å². The number of thiol groups is 1. The van der Waals surface area contributed by atoms with Crippen molar-refractivity contribution in [2.75, 3.05) is 37.8 Å². The summed E-state index contributed by atoms with van der Waals surface area (Å²) in [6.07, 6.45) is -7.90. The van der Waals surface area contributed by atoms with E-state index in [0.717, 1.165) is 6.33 Å². The molecule has 4 aromatic rings. The number of ether oxygens (including phenoxy) is 3. The lowest BCUT2D eigenvalue weighted by Crippen LogP contribution is -2.42. The van der Waals surface area contributed by atoms with E-state index < -0.39 is 82.0 Å². The summed E-state index contributed by atoms with van der Waals surface area (Å²) in [7, 11) is 0. The summed E-state index contributed by atoms with van der Waals surface area (Å²) in [5.74, 6) is 0.0821. The summed E-state index contributed by atoms with van der Waals surface area (Å²) in [5, 5.41) is 5.93. The van der Waals surface area contributed by atoms with Crippen LogP contribution in [0.15, 0.2) is 30.4 Å². The Balaban J connectivity index is 1.18. The fourth-order valence-corrected chi connectivity index (χ4v) is 8.79. The number of imidazole rings is 2. The Morgan fingerprint density at radius 2 is 1.64 bits per heavy atom. The van der Waals surface area contributed by atoms with Crippen LogP contribution in [0.3, 0.4) is 0 Å². The van der Waals surface area contributed by atoms with Gasteiger partial charge in [0.05, 0.1) is 25.9 Å². The number of azide groups is 1. The lowest BCUT2D eigenvalue weighted by Gasteiger charge is -2.30. The van der Waals surface area contributed by atoms with Gasteiger partial charge in [0.2, 0.25) is 0 Å². The third-order valence-electron chi connectivity index (χ3n) is 8.20. The molecule has 0 aromatic carbocycles. The summed E-state index contributed by atoms with van der Waals surface area (Å²) < 4.78 is 73.2. The highest BCUT2D eigenvalue weighted by Gasteiger charge is 2.55. The number of nitrogens with one attached hydrogen (secondary N) is 1. The molecule has 6 N–H and O–H groups in total. The van der Waals surface area contributed by atoms with E-state index in [2.05, 4.69) is 57.5 Å². The zero-order valence-electron chi connectivity index (χ0n) is 26.8. The van der Waals surface area contributed by atoms with Gasteiger partial charge in [-0.1, -0.05) is 17.4 Å². The van der Waals surface area contributed by atoms with Gasteiger partial charge in [0.1, 0.15) is 48.1 Å². The Labute approximate surface area is 306 Å². The Morgan fingerprint density at radius 1 is 1.04 bits per heavy atom. The van der Waals surface area contributed by atoms with Gasteiger partial charge in [-0.2, -0.15) is 0 Å². The number of nitrogen functional groups attached to an aromatic ring is 2. The molecule has 7 heterocycles. The highest BCUT2D eigenvalue weighted by molar-refractivity contribution is 8.44. The van der Waals surface area contributed by atoms with Crippen LogP contribution in [0.25, 0.3) is 32.8 Å². The highest BCUT2D eigenvalue weighted by atomic mass is 32.7. The van der Waals surface area contributed by atoms with Crippen molar-refractivity contribution in [1.29, 1.82) is 0 Å². The molecule has 4 aromatic heterocycles. The van der Waals surface area contributed by atoms with Crippen molar-refractivity contribution in [3.63, 3.8) is 0 Å². The molecule has 0 bridgehead atoms. The minimum atomic E-state index is -4.46. The zero-order valence-corrected chi connectivity index (χ0v) is 30.3. The van der Waals surface area contributed by atoms with Crippen molar-refractivity contribution in [2.45, 2.75) is 55.6 Å². The molecule has 3 fully saturated rings. The van der Waals surface area contributed by atoms with Crippen LogP contribution in [0.5, 0.6) is 0 Å². The van der Waals surface area contributed by atoms with E-state index in [1.165, 1.54) is 28.1 Å². The lowest BCUT2D eigenvalue weighted by atomic mass is 10.1. The molecule has 53 heavy (non-hydrogen) atoms. The first kappa shape index (κ1) is 37.5. The van der Waals surface area contributed by atoms with E-state index in [1.54, 1.807) is 0 Å². The lowest BCUT2D eigenvalue weighted by molar-refractivity contribution is -0.0573. The number of fused-ring (bicyclic) bond motifs is 4. The topological polar surface area (TPSA) is 319 Å². The van der Waals surface area contributed by atoms with Gasteiger partial charge >= 0.3 is 19.6 Å². The van der Waals surface area contributed by atoms with Crippen molar-refractivity contribution in [2.24, 2.45) is 5.11 Å². The number of alkyl halides is 1. The van der Waals surface area contributed by atoms with E-state index >= 15 is 4.39 Å². The second-order valence-corrected chi connectivity index (χ2v) is 17.2. The number of carbonyl (C=O) groups is 1. The maximum Gasteiger partial charge on any atom is 0.407 e. The van der Waals surface area contributed by atoms with Crippen LogP contribution >= 0.6 is 25.8 Å². The first-order valence-corrected chi connectivity index (χ1v) is 20.7. The molecule has 284 valence electrons. The molecule has 3 saturated heterocycles. The van der Waals surface area contributed by atoms with E-state index in [-0.39, 0.29) is 53.5 Å². The number of halogens is 1. The number of hydrogen-bond acceptors (Lipinski definition) is 19. The molecule has 0 radical (unpaired) electrons. The number of nitrogens with zero attached hydrogens (tertiary/aromatic N) is 11. The molecular formula is C24H29FN14O10P2S2. The Kier molecular flexibility index (Phi) is 10.7. The summed E-state index contributed by atoms with van der Waals surface area (Å²) in [6, 6.07) is 0. The number of nitrogens with two attached hydrogens (primary N) is 2. The SMILES string of the molecule is [N-]=[N+]=NCCCNC(=O)O[C@@H]1[C@@H]2OP(O)(=S)OC[C@H]3O[C@@H](n4cnc5c(N)ncnc54)[C@H](F)[C@@H]3OP(=O)(S)OCC2O[C@H]1n1cnc2c(N)ncnc21. The molecular weight excluding hydrogens is 789 g/mol. The molecule has 7 rings (SSSR count). The Hall–Kier alpha value is -3.84. The summed E-state index contributed by atoms with van der Waals surface area (Å²) in [4.78, 5) is 51.5. The van der Waals surface area contributed by atoms with Crippen LogP contribution in [-0.2, 0) is 48.7 Å². The van der Waals surface area contributed by atoms with Crippen LogP contribution in [0.1, 0.15) is 18.9 Å². The number of aromatic nitrogens is 8. The van der Waals surface area contributed by atoms with Crippen LogP contribution in [0.2, 0.25) is 0 Å². The smallest absolute Gasteiger partial charge is 0.407 e. The first-order chi connectivity index (χ1) is 25.4. The number of anilines is 2. The average Bonchev–Trinajstić information content (AvgIpc) is 3.88. The Morgan fingerprint density at radius 3 is 2.30 bits per heavy atom. The fraction of sp³-hybridized carbons (Fsp3) is 0.542. The second kappa shape index (κ2) is 15.1. The number of rotatable bonds is 7. The predicted molar refractivity (Wildman–Crippen MR) is 184 cm³/mol. The summed E-state index contributed by atoms with van der Waals surface area (Å²) in [5.41, 5.74) is 21.0. The van der Waals surface area contributed by atoms with Crippen LogP contribution < -0.4 is 16.8 Å². The van der Waals surface area contributed by atoms with Crippen molar-refractivity contribution in [1.82, 2.24) is 44.4 Å². The maximum atomic E-state index is 16.2. The largest absolute Gasteiger partial charge is 0.438 e. The summed E-state index contributed by atoms with van der Waals surface area (Å²) in [6.45, 7) is -9.93. The number of amides is 1. The molecule has 3 unspecified atom stereocenters. The molecule has 10 atom stereocenters. The maximum absolute atomic E-state index is 16.2. The van der Waals surface area contributed by atoms with Gasteiger partial charge in [0.15, 0.2) is 47.7 Å². The third kappa shape index (κ3) is 7.74. The third-order valence-corrected chi connectivity index (χ3v) is 11.4. The zero-order chi connectivity index (χ0) is 37.5. The predicted octanol–water partition coefficient (Wildman–Crippen LogP) is 1.83. The molecule has 3 aliphatic rings. The van der Waals surface area contributed by atoms with Crippen LogP contribution in [0.4, 0.5) is 20.8 Å². The monoisotopic (exact) mass is 818 g/mol. The van der Waals surface area contributed by atoms with Crippen LogP contribution in [-0.4, -0.2) is 113 Å². The number of carbonyl (C=O) groups excluding carboxylic acids is 1. The molecule has 1 amide bonds. The number of hydrogen-bond donors (Lipinski definition) is 5. The van der Waals surface area contributed by atoms with Gasteiger partial charge in [0, 0.05) is 18.0 Å². The van der Waals surface area contributed by atoms with Gasteiger partial charge in [0.25, 0.3) is 0 Å². The Bertz CT molecular complexity index is 2160. The van der Waals surface area contributed by atoms with Gasteiger partial charge < -0.3 is 40.4 Å². The van der Waals surface area contributed by atoms with Gasteiger partial charge in [-0.05, 0) is 23.8 Å². The van der Waals surface area contributed by atoms with Crippen molar-refractivity contribution >= 4 is 77.6 Å². The molecule has 0 aliphatic carbocycles. The van der Waals surface area contributed by atoms with E-state index in [4.69, 9.17) is 61.1 Å².